The summed E-state index contributed by atoms with van der Waals surface area (Å²) in [4.78, 5) is 17.6. The van der Waals surface area contributed by atoms with E-state index in [9.17, 15) is 4.79 Å². The molecule has 0 aromatic rings. The van der Waals surface area contributed by atoms with Crippen molar-refractivity contribution in [3.8, 4) is 0 Å². The molecule has 0 radical (unpaired) electrons. The number of hydrogen-bond acceptors (Lipinski definition) is 3. The van der Waals surface area contributed by atoms with Crippen molar-refractivity contribution in [1.82, 2.24) is 15.5 Å². The van der Waals surface area contributed by atoms with Crippen LogP contribution in [0.3, 0.4) is 0 Å². The van der Waals surface area contributed by atoms with Crippen molar-refractivity contribution in [2.24, 2.45) is 10.9 Å². The fourth-order valence-corrected chi connectivity index (χ4v) is 1.81. The van der Waals surface area contributed by atoms with Crippen LogP contribution in [0.1, 0.15) is 47.5 Å². The summed E-state index contributed by atoms with van der Waals surface area (Å²) in [5.41, 5.74) is -0.467. The van der Waals surface area contributed by atoms with Gasteiger partial charge in [-0.15, -0.1) is 0 Å². The number of nitrogens with one attached hydrogen (secondary N) is 2. The van der Waals surface area contributed by atoms with Gasteiger partial charge in [0, 0.05) is 33.7 Å². The van der Waals surface area contributed by atoms with Gasteiger partial charge in [-0.05, 0) is 26.7 Å². The first-order chi connectivity index (χ1) is 10.2. The van der Waals surface area contributed by atoms with E-state index < -0.39 is 5.60 Å². The Kier molecular flexibility index (Phi) is 9.61. The van der Waals surface area contributed by atoms with Crippen LogP contribution < -0.4 is 10.6 Å². The van der Waals surface area contributed by atoms with Gasteiger partial charge < -0.3 is 20.3 Å². The molecule has 0 saturated carbocycles. The SMILES string of the molecule is CCC(CC)CNC(=NC)NCCN(C)C(=O)OC(C)(C)C. The maximum atomic E-state index is 11.8. The fraction of sp³-hybridized carbons (Fsp3) is 0.875. The van der Waals surface area contributed by atoms with Gasteiger partial charge in [-0.3, -0.25) is 4.99 Å². The Bertz CT molecular complexity index is 347. The van der Waals surface area contributed by atoms with Crippen molar-refractivity contribution in [1.29, 1.82) is 0 Å². The van der Waals surface area contributed by atoms with Gasteiger partial charge in [-0.1, -0.05) is 26.7 Å². The molecule has 0 bridgehead atoms. The summed E-state index contributed by atoms with van der Waals surface area (Å²) in [5.74, 6) is 1.42. The lowest BCUT2D eigenvalue weighted by Crippen LogP contribution is -2.44. The number of ether oxygens (including phenoxy) is 1. The molecular formula is C16H34N4O2. The number of carbonyl (C=O) groups excluding carboxylic acids is 1. The number of likely N-dealkylation sites (N-methyl/N-ethyl adjacent to an activating group) is 1. The number of nitrogens with zero attached hydrogens (tertiary/aromatic N) is 2. The largest absolute Gasteiger partial charge is 0.444 e. The Morgan fingerprint density at radius 2 is 1.82 bits per heavy atom. The monoisotopic (exact) mass is 314 g/mol. The van der Waals surface area contributed by atoms with Gasteiger partial charge >= 0.3 is 6.09 Å². The first-order valence-corrected chi connectivity index (χ1v) is 8.12. The van der Waals surface area contributed by atoms with Crippen LogP contribution in [0.25, 0.3) is 0 Å². The number of hydrogen-bond donors (Lipinski definition) is 2. The van der Waals surface area contributed by atoms with E-state index in [1.165, 1.54) is 0 Å². The normalized spacial score (nSPS) is 12.3. The molecule has 0 aliphatic heterocycles. The molecular weight excluding hydrogens is 280 g/mol. The summed E-state index contributed by atoms with van der Waals surface area (Å²) in [7, 11) is 3.48. The van der Waals surface area contributed by atoms with Crippen molar-refractivity contribution in [2.75, 3.05) is 33.7 Å². The standard InChI is InChI=1S/C16H34N4O2/c1-8-13(9-2)12-19-14(17-6)18-10-11-20(7)15(21)22-16(3,4)5/h13H,8-12H2,1-7H3,(H2,17,18,19). The van der Waals surface area contributed by atoms with Crippen LogP contribution in [-0.4, -0.2) is 56.3 Å². The van der Waals surface area contributed by atoms with Gasteiger partial charge in [-0.2, -0.15) is 0 Å². The highest BCUT2D eigenvalue weighted by molar-refractivity contribution is 5.79. The molecule has 0 saturated heterocycles. The zero-order valence-corrected chi connectivity index (χ0v) is 15.3. The van der Waals surface area contributed by atoms with Crippen molar-refractivity contribution in [2.45, 2.75) is 53.1 Å². The van der Waals surface area contributed by atoms with Crippen LogP contribution in [0.4, 0.5) is 4.79 Å². The van der Waals surface area contributed by atoms with Crippen LogP contribution >= 0.6 is 0 Å². The van der Waals surface area contributed by atoms with Gasteiger partial charge in [0.15, 0.2) is 5.96 Å². The first kappa shape index (κ1) is 20.5. The third kappa shape index (κ3) is 9.47. The summed E-state index contributed by atoms with van der Waals surface area (Å²) < 4.78 is 5.30. The van der Waals surface area contributed by atoms with E-state index in [4.69, 9.17) is 4.74 Å². The second-order valence-corrected chi connectivity index (χ2v) is 6.46. The molecule has 22 heavy (non-hydrogen) atoms. The molecule has 2 N–H and O–H groups in total. The number of aliphatic imine (C=N–C) groups is 1. The van der Waals surface area contributed by atoms with E-state index in [0.717, 1.165) is 25.3 Å². The summed E-state index contributed by atoms with van der Waals surface area (Å²) in [5, 5.41) is 6.53. The smallest absolute Gasteiger partial charge is 0.410 e. The van der Waals surface area contributed by atoms with Crippen LogP contribution in [0, 0.1) is 5.92 Å². The first-order valence-electron chi connectivity index (χ1n) is 8.12. The molecule has 0 aliphatic carbocycles. The third-order valence-corrected chi connectivity index (χ3v) is 3.38. The lowest BCUT2D eigenvalue weighted by atomic mass is 10.0. The predicted octanol–water partition coefficient (Wildman–Crippen LogP) is 2.45. The molecule has 0 rings (SSSR count). The minimum Gasteiger partial charge on any atom is -0.444 e. The second kappa shape index (κ2) is 10.3. The van der Waals surface area contributed by atoms with E-state index >= 15 is 0 Å². The molecule has 0 spiro atoms. The molecule has 0 aromatic carbocycles. The minimum absolute atomic E-state index is 0.311. The van der Waals surface area contributed by atoms with Crippen LogP contribution in [0.2, 0.25) is 0 Å². The van der Waals surface area contributed by atoms with Crippen LogP contribution in [0.15, 0.2) is 4.99 Å². The third-order valence-electron chi connectivity index (χ3n) is 3.38. The molecule has 0 fully saturated rings. The number of rotatable bonds is 7. The van der Waals surface area contributed by atoms with Gasteiger partial charge in [-0.25, -0.2) is 4.79 Å². The molecule has 0 aliphatic rings. The van der Waals surface area contributed by atoms with Crippen LogP contribution in [-0.2, 0) is 4.74 Å². The quantitative estimate of drug-likeness (QED) is 0.559. The van der Waals surface area contributed by atoms with E-state index in [1.807, 2.05) is 20.8 Å². The summed E-state index contributed by atoms with van der Waals surface area (Å²) in [6, 6.07) is 0. The Morgan fingerprint density at radius 1 is 1.23 bits per heavy atom. The van der Waals surface area contributed by atoms with Gasteiger partial charge in [0.05, 0.1) is 0 Å². The van der Waals surface area contributed by atoms with Crippen LogP contribution in [0.5, 0.6) is 0 Å². The highest BCUT2D eigenvalue weighted by atomic mass is 16.6. The van der Waals surface area contributed by atoms with Gasteiger partial charge in [0.2, 0.25) is 0 Å². The lowest BCUT2D eigenvalue weighted by Gasteiger charge is -2.25. The van der Waals surface area contributed by atoms with E-state index in [0.29, 0.717) is 19.0 Å². The van der Waals surface area contributed by atoms with Crippen molar-refractivity contribution >= 4 is 12.1 Å². The maximum Gasteiger partial charge on any atom is 0.410 e. The summed E-state index contributed by atoms with van der Waals surface area (Å²) in [6.07, 6.45) is 2.00. The zero-order valence-electron chi connectivity index (χ0n) is 15.3. The Morgan fingerprint density at radius 3 is 2.27 bits per heavy atom. The molecule has 0 aromatic heterocycles. The molecule has 0 heterocycles. The summed E-state index contributed by atoms with van der Waals surface area (Å²) >= 11 is 0. The Balaban J connectivity index is 4.08. The molecule has 0 unspecified atom stereocenters. The van der Waals surface area contributed by atoms with Crippen molar-refractivity contribution < 1.29 is 9.53 Å². The Labute approximate surface area is 135 Å². The average Bonchev–Trinajstić information content (AvgIpc) is 2.44. The Hall–Kier alpha value is -1.46. The summed E-state index contributed by atoms with van der Waals surface area (Å²) in [6.45, 7) is 12.1. The van der Waals surface area contributed by atoms with Crippen molar-refractivity contribution in [3.05, 3.63) is 0 Å². The molecule has 130 valence electrons. The number of carbonyl (C=O) groups is 1. The van der Waals surface area contributed by atoms with Gasteiger partial charge in [0.1, 0.15) is 5.60 Å². The zero-order chi connectivity index (χ0) is 17.2. The minimum atomic E-state index is -0.467. The highest BCUT2D eigenvalue weighted by Gasteiger charge is 2.19. The fourth-order valence-electron chi connectivity index (χ4n) is 1.81. The predicted molar refractivity (Wildman–Crippen MR) is 92.3 cm³/mol. The van der Waals surface area contributed by atoms with E-state index in [1.54, 1.807) is 19.0 Å². The van der Waals surface area contributed by atoms with E-state index in [2.05, 4.69) is 29.5 Å². The van der Waals surface area contributed by atoms with Crippen molar-refractivity contribution in [3.63, 3.8) is 0 Å². The number of amides is 1. The molecule has 0 atom stereocenters. The maximum absolute atomic E-state index is 11.8. The molecule has 6 heteroatoms. The second-order valence-electron chi connectivity index (χ2n) is 6.46. The van der Waals surface area contributed by atoms with E-state index in [-0.39, 0.29) is 6.09 Å². The molecule has 6 nitrogen and oxygen atoms in total. The number of guanidine groups is 1. The average molecular weight is 314 g/mol. The highest BCUT2D eigenvalue weighted by Crippen LogP contribution is 2.08. The topological polar surface area (TPSA) is 66.0 Å². The van der Waals surface area contributed by atoms with Gasteiger partial charge in [0.25, 0.3) is 0 Å². The molecule has 1 amide bonds. The lowest BCUT2D eigenvalue weighted by molar-refractivity contribution is 0.0302.